The molecule has 0 aliphatic carbocycles. The highest BCUT2D eigenvalue weighted by Gasteiger charge is 2.16. The molecule has 5 nitrogen and oxygen atoms in total. The van der Waals surface area contributed by atoms with E-state index in [2.05, 4.69) is 5.32 Å². The average Bonchev–Trinajstić information content (AvgIpc) is 2.42. The summed E-state index contributed by atoms with van der Waals surface area (Å²) in [5.74, 6) is -0.239. The predicted molar refractivity (Wildman–Crippen MR) is 92.7 cm³/mol. The monoisotopic (exact) mass is 343 g/mol. The first kappa shape index (κ1) is 19.6. The maximum atomic E-state index is 13.9. The first-order valence-electron chi connectivity index (χ1n) is 7.54. The molecule has 0 aliphatic rings. The number of urea groups is 1. The van der Waals surface area contributed by atoms with E-state index < -0.39 is 16.6 Å². The van der Waals surface area contributed by atoms with E-state index in [1.807, 2.05) is 32.8 Å². The Bertz CT molecular complexity index is 564. The lowest BCUT2D eigenvalue weighted by atomic mass is 10.2. The van der Waals surface area contributed by atoms with Crippen molar-refractivity contribution in [2.24, 2.45) is 5.92 Å². The molecule has 0 spiro atoms. The second kappa shape index (κ2) is 8.98. The number of carbonyl (C=O) groups is 1. The molecule has 1 N–H and O–H groups in total. The molecule has 1 unspecified atom stereocenters. The molecule has 23 heavy (non-hydrogen) atoms. The largest absolute Gasteiger partial charge is 0.323 e. The zero-order valence-corrected chi connectivity index (χ0v) is 15.2. The maximum Gasteiger partial charge on any atom is 0.321 e. The number of likely N-dealkylation sites (N-methyl/N-ethyl adjacent to an activating group) is 1. The number of nitrogens with one attached hydrogen (secondary N) is 1. The predicted octanol–water partition coefficient (Wildman–Crippen LogP) is 2.61. The van der Waals surface area contributed by atoms with E-state index in [1.54, 1.807) is 11.0 Å². The van der Waals surface area contributed by atoms with E-state index in [4.69, 9.17) is 0 Å². The minimum Gasteiger partial charge on any atom is -0.323 e. The molecule has 7 heteroatoms. The van der Waals surface area contributed by atoms with Crippen LogP contribution in [0.4, 0.5) is 14.9 Å². The smallest absolute Gasteiger partial charge is 0.321 e. The van der Waals surface area contributed by atoms with E-state index >= 15 is 0 Å². The third kappa shape index (κ3) is 6.66. The fourth-order valence-corrected chi connectivity index (χ4v) is 2.64. The van der Waals surface area contributed by atoms with Gasteiger partial charge in [-0.2, -0.15) is 0 Å². The van der Waals surface area contributed by atoms with Gasteiger partial charge >= 0.3 is 6.03 Å². The molecular weight excluding hydrogens is 317 g/mol. The minimum atomic E-state index is -1.39. The third-order valence-electron chi connectivity index (χ3n) is 3.18. The first-order chi connectivity index (χ1) is 10.7. The average molecular weight is 343 g/mol. The highest BCUT2D eigenvalue weighted by Crippen LogP contribution is 2.17. The van der Waals surface area contributed by atoms with Crippen molar-refractivity contribution in [3.05, 3.63) is 24.0 Å². The molecule has 0 aromatic heterocycles. The summed E-state index contributed by atoms with van der Waals surface area (Å²) in [6.07, 6.45) is 1.42. The lowest BCUT2D eigenvalue weighted by Crippen LogP contribution is -2.41. The molecule has 0 heterocycles. The van der Waals surface area contributed by atoms with Crippen molar-refractivity contribution < 1.29 is 13.4 Å². The Morgan fingerprint density at radius 1 is 1.30 bits per heavy atom. The number of anilines is 1. The highest BCUT2D eigenvalue weighted by molar-refractivity contribution is 7.84. The molecule has 1 atom stereocenters. The fourth-order valence-electron chi connectivity index (χ4n) is 2.05. The Morgan fingerprint density at radius 3 is 2.43 bits per heavy atom. The van der Waals surface area contributed by atoms with E-state index in [0.717, 1.165) is 6.54 Å². The summed E-state index contributed by atoms with van der Waals surface area (Å²) in [6.45, 7) is 6.06. The van der Waals surface area contributed by atoms with Gasteiger partial charge in [0.2, 0.25) is 0 Å². The minimum absolute atomic E-state index is 0.134. The summed E-state index contributed by atoms with van der Waals surface area (Å²) in [5.41, 5.74) is 0.361. The Kier molecular flexibility index (Phi) is 7.64. The topological polar surface area (TPSA) is 52.6 Å². The van der Waals surface area contributed by atoms with Gasteiger partial charge in [0.15, 0.2) is 0 Å². The molecule has 0 fully saturated rings. The van der Waals surface area contributed by atoms with Gasteiger partial charge in [-0.25, -0.2) is 9.18 Å². The molecule has 0 bridgehead atoms. The first-order valence-corrected chi connectivity index (χ1v) is 9.10. The number of amides is 2. The van der Waals surface area contributed by atoms with Crippen molar-refractivity contribution in [2.45, 2.75) is 18.7 Å². The zero-order chi connectivity index (χ0) is 17.6. The van der Waals surface area contributed by atoms with Gasteiger partial charge in [-0.05, 0) is 38.2 Å². The fraction of sp³-hybridized carbons (Fsp3) is 0.562. The van der Waals surface area contributed by atoms with Gasteiger partial charge in [0.1, 0.15) is 5.82 Å². The molecule has 1 aromatic rings. The van der Waals surface area contributed by atoms with Crippen LogP contribution in [0.25, 0.3) is 0 Å². The molecule has 0 saturated carbocycles. The number of rotatable bonds is 7. The molecule has 0 saturated heterocycles. The van der Waals surface area contributed by atoms with Crippen LogP contribution in [0.15, 0.2) is 23.1 Å². The summed E-state index contributed by atoms with van der Waals surface area (Å²) in [5, 5.41) is 2.71. The van der Waals surface area contributed by atoms with Gasteiger partial charge in [-0.3, -0.25) is 4.21 Å². The third-order valence-corrected chi connectivity index (χ3v) is 4.13. The van der Waals surface area contributed by atoms with Crippen molar-refractivity contribution in [3.63, 3.8) is 0 Å². The van der Waals surface area contributed by atoms with E-state index in [1.165, 1.54) is 18.4 Å². The van der Waals surface area contributed by atoms with Gasteiger partial charge in [0.05, 0.1) is 15.7 Å². The van der Waals surface area contributed by atoms with E-state index in [0.29, 0.717) is 24.7 Å². The van der Waals surface area contributed by atoms with Crippen LogP contribution in [0.3, 0.4) is 0 Å². The second-order valence-electron chi connectivity index (χ2n) is 6.17. The standard InChI is InChI=1S/C16H26FN3O2S/c1-12(2)11-20(9-8-19(3)4)16(21)18-13-6-7-15(23(5)22)14(17)10-13/h6-7,10,12H,8-9,11H2,1-5H3,(H,18,21). The molecule has 1 rings (SSSR count). The molecule has 0 aliphatic heterocycles. The van der Waals surface area contributed by atoms with Gasteiger partial charge < -0.3 is 15.1 Å². The SMILES string of the molecule is CC(C)CN(CCN(C)C)C(=O)Nc1ccc(S(C)=O)c(F)c1. The van der Waals surface area contributed by atoms with Crippen LogP contribution in [-0.2, 0) is 10.8 Å². The van der Waals surface area contributed by atoms with Crippen molar-refractivity contribution >= 4 is 22.5 Å². The second-order valence-corrected chi connectivity index (χ2v) is 7.52. The van der Waals surface area contributed by atoms with Crippen molar-refractivity contribution in [1.82, 2.24) is 9.80 Å². The van der Waals surface area contributed by atoms with Crippen LogP contribution in [0, 0.1) is 11.7 Å². The molecule has 1 aromatic carbocycles. The van der Waals surface area contributed by atoms with Gasteiger partial charge in [-0.1, -0.05) is 13.8 Å². The number of benzene rings is 1. The molecular formula is C16H26FN3O2S. The molecule has 130 valence electrons. The van der Waals surface area contributed by atoms with Crippen LogP contribution in [0.1, 0.15) is 13.8 Å². The summed E-state index contributed by atoms with van der Waals surface area (Å²) in [6, 6.07) is 3.95. The van der Waals surface area contributed by atoms with Crippen LogP contribution in [0.5, 0.6) is 0 Å². The van der Waals surface area contributed by atoms with Crippen LogP contribution in [0.2, 0.25) is 0 Å². The quantitative estimate of drug-likeness (QED) is 0.828. The van der Waals surface area contributed by atoms with E-state index in [9.17, 15) is 13.4 Å². The van der Waals surface area contributed by atoms with Crippen molar-refractivity contribution in [3.8, 4) is 0 Å². The normalized spacial score (nSPS) is 12.5. The van der Waals surface area contributed by atoms with Crippen LogP contribution < -0.4 is 5.32 Å². The van der Waals surface area contributed by atoms with Crippen LogP contribution >= 0.6 is 0 Å². The Balaban J connectivity index is 2.80. The Labute approximate surface area is 140 Å². The van der Waals surface area contributed by atoms with Gasteiger partial charge in [-0.15, -0.1) is 0 Å². The lowest BCUT2D eigenvalue weighted by molar-refractivity contribution is 0.197. The van der Waals surface area contributed by atoms with Gasteiger partial charge in [0.25, 0.3) is 0 Å². The highest BCUT2D eigenvalue weighted by atomic mass is 32.2. The Hall–Kier alpha value is -1.47. The summed E-state index contributed by atoms with van der Waals surface area (Å²) in [7, 11) is 2.51. The van der Waals surface area contributed by atoms with Gasteiger partial charge in [0, 0.05) is 31.6 Å². The molecule has 0 radical (unpaired) electrons. The number of nitrogens with zero attached hydrogens (tertiary/aromatic N) is 2. The van der Waals surface area contributed by atoms with Crippen molar-refractivity contribution in [1.29, 1.82) is 0 Å². The number of hydrogen-bond donors (Lipinski definition) is 1. The Morgan fingerprint density at radius 2 is 1.96 bits per heavy atom. The summed E-state index contributed by atoms with van der Waals surface area (Å²) in [4.78, 5) is 16.3. The maximum absolute atomic E-state index is 13.9. The summed E-state index contributed by atoms with van der Waals surface area (Å²) >= 11 is 0. The lowest BCUT2D eigenvalue weighted by Gasteiger charge is -2.26. The summed E-state index contributed by atoms with van der Waals surface area (Å²) < 4.78 is 25.2. The number of hydrogen-bond acceptors (Lipinski definition) is 3. The zero-order valence-electron chi connectivity index (χ0n) is 14.4. The number of carbonyl (C=O) groups excluding carboxylic acids is 1. The molecule has 2 amide bonds. The van der Waals surface area contributed by atoms with Crippen molar-refractivity contribution in [2.75, 3.05) is 45.3 Å². The number of halogens is 1. The van der Waals surface area contributed by atoms with E-state index in [-0.39, 0.29) is 10.9 Å². The van der Waals surface area contributed by atoms with Crippen LogP contribution in [-0.4, -0.2) is 60.0 Å².